The van der Waals surface area contributed by atoms with E-state index < -0.39 is 0 Å². The average molecular weight is 376 g/mol. The molecule has 0 spiro atoms. The predicted octanol–water partition coefficient (Wildman–Crippen LogP) is 3.06. The lowest BCUT2D eigenvalue weighted by Gasteiger charge is -2.21. The van der Waals surface area contributed by atoms with E-state index in [9.17, 15) is 9.59 Å². The number of carbonyl (C=O) groups is 2. The van der Waals surface area contributed by atoms with Crippen molar-refractivity contribution in [1.29, 1.82) is 0 Å². The third kappa shape index (κ3) is 4.74. The Labute approximate surface area is 157 Å². The molecule has 0 N–H and O–H groups in total. The summed E-state index contributed by atoms with van der Waals surface area (Å²) in [5.74, 6) is 1.32. The maximum absolute atomic E-state index is 12.7. The van der Waals surface area contributed by atoms with Crippen molar-refractivity contribution in [2.24, 2.45) is 0 Å². The SMILES string of the molecule is CC(=O)OCc1ccc(CN2CCCN(C(=O)c3sccc3C)CC2)o1. The number of nitrogens with zero attached hydrogens (tertiary/aromatic N) is 2. The molecule has 0 bridgehead atoms. The van der Waals surface area contributed by atoms with E-state index in [1.165, 1.54) is 18.3 Å². The molecule has 1 amide bonds. The Balaban J connectivity index is 1.53. The van der Waals surface area contributed by atoms with Crippen LogP contribution in [0.2, 0.25) is 0 Å². The second-order valence-electron chi connectivity index (χ2n) is 6.50. The highest BCUT2D eigenvalue weighted by molar-refractivity contribution is 7.12. The summed E-state index contributed by atoms with van der Waals surface area (Å²) in [6, 6.07) is 5.75. The van der Waals surface area contributed by atoms with E-state index in [4.69, 9.17) is 9.15 Å². The predicted molar refractivity (Wildman–Crippen MR) is 99.0 cm³/mol. The average Bonchev–Trinajstić information content (AvgIpc) is 3.16. The van der Waals surface area contributed by atoms with Crippen molar-refractivity contribution in [3.05, 3.63) is 45.5 Å². The summed E-state index contributed by atoms with van der Waals surface area (Å²) in [5, 5.41) is 1.97. The van der Waals surface area contributed by atoms with Gasteiger partial charge in [0.15, 0.2) is 0 Å². The summed E-state index contributed by atoms with van der Waals surface area (Å²) in [6.07, 6.45) is 0.942. The summed E-state index contributed by atoms with van der Waals surface area (Å²) in [5.41, 5.74) is 1.05. The van der Waals surface area contributed by atoms with Crippen LogP contribution in [-0.4, -0.2) is 47.9 Å². The van der Waals surface area contributed by atoms with Crippen LogP contribution in [-0.2, 0) is 22.7 Å². The molecule has 0 radical (unpaired) electrons. The molecule has 0 aromatic carbocycles. The van der Waals surface area contributed by atoms with Gasteiger partial charge >= 0.3 is 5.97 Å². The number of furan rings is 1. The molecule has 0 aliphatic carbocycles. The number of rotatable bonds is 5. The van der Waals surface area contributed by atoms with Crippen LogP contribution in [0, 0.1) is 6.92 Å². The van der Waals surface area contributed by atoms with Crippen LogP contribution < -0.4 is 0 Å². The highest BCUT2D eigenvalue weighted by Gasteiger charge is 2.22. The van der Waals surface area contributed by atoms with Crippen LogP contribution in [0.3, 0.4) is 0 Å². The van der Waals surface area contributed by atoms with Gasteiger partial charge in [-0.25, -0.2) is 0 Å². The Kier molecular flexibility index (Phi) is 6.11. The summed E-state index contributed by atoms with van der Waals surface area (Å²) in [6.45, 7) is 7.46. The topological polar surface area (TPSA) is 63.0 Å². The van der Waals surface area contributed by atoms with Crippen molar-refractivity contribution in [2.75, 3.05) is 26.2 Å². The molecular weight excluding hydrogens is 352 g/mol. The third-order valence-electron chi connectivity index (χ3n) is 4.45. The first-order chi connectivity index (χ1) is 12.5. The molecule has 0 saturated carbocycles. The van der Waals surface area contributed by atoms with E-state index in [0.29, 0.717) is 12.3 Å². The monoisotopic (exact) mass is 376 g/mol. The zero-order valence-corrected chi connectivity index (χ0v) is 16.0. The first-order valence-corrected chi connectivity index (χ1v) is 9.67. The fourth-order valence-corrected chi connectivity index (χ4v) is 3.94. The van der Waals surface area contributed by atoms with E-state index >= 15 is 0 Å². The van der Waals surface area contributed by atoms with E-state index in [1.54, 1.807) is 0 Å². The quantitative estimate of drug-likeness (QED) is 0.751. The number of amides is 1. The van der Waals surface area contributed by atoms with Gasteiger partial charge < -0.3 is 14.1 Å². The number of thiophene rings is 1. The van der Waals surface area contributed by atoms with Crippen molar-refractivity contribution < 1.29 is 18.7 Å². The zero-order chi connectivity index (χ0) is 18.5. The summed E-state index contributed by atoms with van der Waals surface area (Å²) < 4.78 is 10.7. The molecule has 26 heavy (non-hydrogen) atoms. The highest BCUT2D eigenvalue weighted by atomic mass is 32.1. The van der Waals surface area contributed by atoms with Gasteiger partial charge in [0.2, 0.25) is 0 Å². The summed E-state index contributed by atoms with van der Waals surface area (Å²) in [7, 11) is 0. The van der Waals surface area contributed by atoms with Gasteiger partial charge in [0, 0.05) is 33.1 Å². The number of ether oxygens (including phenoxy) is 1. The normalized spacial score (nSPS) is 15.7. The molecule has 2 aromatic rings. The highest BCUT2D eigenvalue weighted by Crippen LogP contribution is 2.19. The molecule has 1 fully saturated rings. The lowest BCUT2D eigenvalue weighted by Crippen LogP contribution is -2.35. The zero-order valence-electron chi connectivity index (χ0n) is 15.2. The Bertz CT molecular complexity index is 767. The number of hydrogen-bond donors (Lipinski definition) is 0. The van der Waals surface area contributed by atoms with Crippen molar-refractivity contribution >= 4 is 23.2 Å². The lowest BCUT2D eigenvalue weighted by atomic mass is 10.2. The first kappa shape index (κ1) is 18.7. The van der Waals surface area contributed by atoms with E-state index in [1.807, 2.05) is 35.4 Å². The molecule has 1 saturated heterocycles. The number of carbonyl (C=O) groups excluding carboxylic acids is 2. The Hall–Kier alpha value is -2.12. The van der Waals surface area contributed by atoms with Crippen LogP contribution in [0.1, 0.15) is 40.1 Å². The van der Waals surface area contributed by atoms with Crippen LogP contribution in [0.25, 0.3) is 0 Å². The number of esters is 1. The second-order valence-corrected chi connectivity index (χ2v) is 7.42. The second kappa shape index (κ2) is 8.51. The molecule has 140 valence electrons. The Morgan fingerprint density at radius 2 is 1.96 bits per heavy atom. The molecule has 1 aliphatic rings. The molecular formula is C19H24N2O4S. The molecule has 6 nitrogen and oxygen atoms in total. The van der Waals surface area contributed by atoms with Crippen LogP contribution in [0.15, 0.2) is 28.0 Å². The fourth-order valence-electron chi connectivity index (χ4n) is 3.05. The van der Waals surface area contributed by atoms with Crippen molar-refractivity contribution in [3.63, 3.8) is 0 Å². The molecule has 0 unspecified atom stereocenters. The summed E-state index contributed by atoms with van der Waals surface area (Å²) in [4.78, 5) is 28.6. The van der Waals surface area contributed by atoms with Gasteiger partial charge in [-0.3, -0.25) is 14.5 Å². The van der Waals surface area contributed by atoms with Gasteiger partial charge in [0.25, 0.3) is 5.91 Å². The lowest BCUT2D eigenvalue weighted by molar-refractivity contribution is -0.142. The van der Waals surface area contributed by atoms with E-state index in [2.05, 4.69) is 4.90 Å². The minimum absolute atomic E-state index is 0.140. The van der Waals surface area contributed by atoms with Crippen LogP contribution in [0.5, 0.6) is 0 Å². The van der Waals surface area contributed by atoms with Crippen molar-refractivity contribution in [3.8, 4) is 0 Å². The van der Waals surface area contributed by atoms with E-state index in [0.717, 1.165) is 48.8 Å². The van der Waals surface area contributed by atoms with Crippen LogP contribution >= 0.6 is 11.3 Å². The molecule has 7 heteroatoms. The molecule has 3 rings (SSSR count). The smallest absolute Gasteiger partial charge is 0.303 e. The van der Waals surface area contributed by atoms with E-state index in [-0.39, 0.29) is 18.5 Å². The third-order valence-corrected chi connectivity index (χ3v) is 5.45. The van der Waals surface area contributed by atoms with Gasteiger partial charge in [-0.2, -0.15) is 0 Å². The molecule has 2 aromatic heterocycles. The standard InChI is InChI=1S/C19H24N2O4S/c1-14-6-11-26-18(14)19(23)21-8-3-7-20(9-10-21)12-16-4-5-17(25-16)13-24-15(2)22/h4-6,11H,3,7-10,12-13H2,1-2H3. The number of aryl methyl sites for hydroxylation is 1. The van der Waals surface area contributed by atoms with Crippen molar-refractivity contribution in [2.45, 2.75) is 33.4 Å². The molecule has 0 atom stereocenters. The van der Waals surface area contributed by atoms with Crippen LogP contribution in [0.4, 0.5) is 0 Å². The minimum atomic E-state index is -0.318. The fraction of sp³-hybridized carbons (Fsp3) is 0.474. The Morgan fingerprint density at radius 3 is 2.69 bits per heavy atom. The van der Waals surface area contributed by atoms with Gasteiger partial charge in [0.1, 0.15) is 18.1 Å². The number of hydrogen-bond acceptors (Lipinski definition) is 6. The minimum Gasteiger partial charge on any atom is -0.461 e. The first-order valence-electron chi connectivity index (χ1n) is 8.79. The maximum Gasteiger partial charge on any atom is 0.303 e. The maximum atomic E-state index is 12.7. The summed E-state index contributed by atoms with van der Waals surface area (Å²) >= 11 is 1.52. The van der Waals surface area contributed by atoms with Gasteiger partial charge in [0.05, 0.1) is 11.4 Å². The molecule has 3 heterocycles. The van der Waals surface area contributed by atoms with Gasteiger partial charge in [-0.1, -0.05) is 0 Å². The molecule has 1 aliphatic heterocycles. The largest absolute Gasteiger partial charge is 0.461 e. The Morgan fingerprint density at radius 1 is 1.15 bits per heavy atom. The van der Waals surface area contributed by atoms with Gasteiger partial charge in [-0.05, 0) is 42.5 Å². The van der Waals surface area contributed by atoms with Gasteiger partial charge in [-0.15, -0.1) is 11.3 Å². The van der Waals surface area contributed by atoms with Crippen molar-refractivity contribution in [1.82, 2.24) is 9.80 Å².